The van der Waals surface area contributed by atoms with E-state index in [1.807, 2.05) is 0 Å². The van der Waals surface area contributed by atoms with Crippen molar-refractivity contribution >= 4 is 17.6 Å². The van der Waals surface area contributed by atoms with E-state index >= 15 is 0 Å². The van der Waals surface area contributed by atoms with E-state index in [1.54, 1.807) is 12.1 Å². The molecule has 0 amide bonds. The first-order valence-corrected chi connectivity index (χ1v) is 6.23. The van der Waals surface area contributed by atoms with Gasteiger partial charge in [-0.05, 0) is 36.4 Å². The first kappa shape index (κ1) is 14.3. The third-order valence-electron chi connectivity index (χ3n) is 2.69. The van der Waals surface area contributed by atoms with Crippen LogP contribution in [0.2, 0.25) is 5.02 Å². The lowest BCUT2D eigenvalue weighted by Crippen LogP contribution is -2.08. The van der Waals surface area contributed by atoms with Gasteiger partial charge in [0, 0.05) is 10.6 Å². The monoisotopic (exact) mass is 294 g/mol. The molecular weight excluding hydrogens is 283 g/mol. The number of esters is 1. The maximum Gasteiger partial charge on any atom is 0.338 e. The predicted octanol–water partition coefficient (Wildman–Crippen LogP) is 3.84. The molecule has 104 valence electrons. The number of halogens is 2. The van der Waals surface area contributed by atoms with Crippen LogP contribution in [0.5, 0.6) is 5.75 Å². The van der Waals surface area contributed by atoms with Crippen molar-refractivity contribution in [3.63, 3.8) is 0 Å². The number of methoxy groups -OCH3 is 1. The summed E-state index contributed by atoms with van der Waals surface area (Å²) in [5.41, 5.74) is 0.993. The second-order valence-electron chi connectivity index (χ2n) is 4.04. The normalized spacial score (nSPS) is 10.2. The third kappa shape index (κ3) is 3.48. The Morgan fingerprint density at radius 3 is 2.55 bits per heavy atom. The summed E-state index contributed by atoms with van der Waals surface area (Å²) >= 11 is 5.86. The Morgan fingerprint density at radius 2 is 1.90 bits per heavy atom. The third-order valence-corrected chi connectivity index (χ3v) is 2.92. The maximum atomic E-state index is 12.8. The van der Waals surface area contributed by atoms with E-state index in [4.69, 9.17) is 21.1 Å². The molecule has 0 N–H and O–H groups in total. The summed E-state index contributed by atoms with van der Waals surface area (Å²) in [6, 6.07) is 10.5. The van der Waals surface area contributed by atoms with Crippen molar-refractivity contribution in [2.75, 3.05) is 7.11 Å². The van der Waals surface area contributed by atoms with Crippen LogP contribution in [0.1, 0.15) is 15.9 Å². The molecule has 2 rings (SSSR count). The van der Waals surface area contributed by atoms with Crippen LogP contribution in [0.3, 0.4) is 0 Å². The van der Waals surface area contributed by atoms with Gasteiger partial charge in [0.1, 0.15) is 18.2 Å². The number of ether oxygens (including phenoxy) is 2. The van der Waals surface area contributed by atoms with Gasteiger partial charge >= 0.3 is 5.97 Å². The number of benzene rings is 2. The molecule has 0 heterocycles. The van der Waals surface area contributed by atoms with Gasteiger partial charge in [-0.15, -0.1) is 0 Å². The van der Waals surface area contributed by atoms with Crippen LogP contribution in [0.4, 0.5) is 4.39 Å². The van der Waals surface area contributed by atoms with Crippen molar-refractivity contribution in [1.29, 1.82) is 0 Å². The van der Waals surface area contributed by atoms with Gasteiger partial charge in [-0.25, -0.2) is 9.18 Å². The Kier molecular flexibility index (Phi) is 4.58. The van der Waals surface area contributed by atoms with Gasteiger partial charge in [-0.1, -0.05) is 17.7 Å². The van der Waals surface area contributed by atoms with Crippen molar-refractivity contribution in [1.82, 2.24) is 0 Å². The van der Waals surface area contributed by atoms with Crippen molar-refractivity contribution < 1.29 is 18.7 Å². The van der Waals surface area contributed by atoms with Crippen LogP contribution in [0.25, 0.3) is 0 Å². The quantitative estimate of drug-likeness (QED) is 0.804. The lowest BCUT2D eigenvalue weighted by molar-refractivity contribution is 0.0597. The van der Waals surface area contributed by atoms with Gasteiger partial charge < -0.3 is 9.47 Å². The zero-order chi connectivity index (χ0) is 14.5. The molecule has 0 atom stereocenters. The molecule has 0 aliphatic carbocycles. The standard InChI is InChI=1S/C15H12ClFO3/c1-19-15(18)14-8-11(16)3-2-10(14)9-20-13-6-4-12(17)5-7-13/h2-8H,9H2,1H3. The highest BCUT2D eigenvalue weighted by Gasteiger charge is 2.13. The molecule has 0 bridgehead atoms. The second-order valence-corrected chi connectivity index (χ2v) is 4.47. The van der Waals surface area contributed by atoms with Crippen molar-refractivity contribution in [2.45, 2.75) is 6.61 Å². The summed E-state index contributed by atoms with van der Waals surface area (Å²) in [5.74, 6) is -0.304. The van der Waals surface area contributed by atoms with Crippen molar-refractivity contribution in [2.24, 2.45) is 0 Å². The van der Waals surface area contributed by atoms with Gasteiger partial charge in [0.05, 0.1) is 12.7 Å². The zero-order valence-corrected chi connectivity index (χ0v) is 11.5. The van der Waals surface area contributed by atoms with E-state index in [0.29, 0.717) is 21.9 Å². The molecule has 0 spiro atoms. The first-order chi connectivity index (χ1) is 9.60. The maximum absolute atomic E-state index is 12.8. The Bertz CT molecular complexity index is 611. The van der Waals surface area contributed by atoms with Crippen LogP contribution in [0, 0.1) is 5.82 Å². The molecule has 0 saturated carbocycles. The summed E-state index contributed by atoms with van der Waals surface area (Å²) in [7, 11) is 1.30. The number of rotatable bonds is 4. The first-order valence-electron chi connectivity index (χ1n) is 5.85. The van der Waals surface area contributed by atoms with Crippen LogP contribution in [-0.4, -0.2) is 13.1 Å². The Balaban J connectivity index is 2.16. The molecule has 2 aromatic carbocycles. The Hall–Kier alpha value is -2.07. The molecule has 3 nitrogen and oxygen atoms in total. The van der Waals surface area contributed by atoms with E-state index in [0.717, 1.165) is 0 Å². The zero-order valence-electron chi connectivity index (χ0n) is 10.7. The van der Waals surface area contributed by atoms with Crippen molar-refractivity contribution in [3.05, 3.63) is 64.4 Å². The molecule has 0 radical (unpaired) electrons. The minimum atomic E-state index is -0.481. The Morgan fingerprint density at radius 1 is 1.20 bits per heavy atom. The minimum Gasteiger partial charge on any atom is -0.489 e. The molecule has 0 saturated heterocycles. The van der Waals surface area contributed by atoms with E-state index in [-0.39, 0.29) is 12.4 Å². The predicted molar refractivity (Wildman–Crippen MR) is 73.5 cm³/mol. The summed E-state index contributed by atoms with van der Waals surface area (Å²) in [5, 5.41) is 0.441. The lowest BCUT2D eigenvalue weighted by Gasteiger charge is -2.10. The number of hydrogen-bond acceptors (Lipinski definition) is 3. The van der Waals surface area contributed by atoms with Gasteiger partial charge in [0.25, 0.3) is 0 Å². The molecular formula is C15H12ClFO3. The van der Waals surface area contributed by atoms with Crippen LogP contribution < -0.4 is 4.74 Å². The molecule has 0 aliphatic heterocycles. The second kappa shape index (κ2) is 6.39. The summed E-state index contributed by atoms with van der Waals surface area (Å²) < 4.78 is 23.0. The van der Waals surface area contributed by atoms with Crippen LogP contribution in [-0.2, 0) is 11.3 Å². The molecule has 5 heteroatoms. The fourth-order valence-corrected chi connectivity index (χ4v) is 1.84. The minimum absolute atomic E-state index is 0.160. The summed E-state index contributed by atoms with van der Waals surface area (Å²) in [4.78, 5) is 11.7. The average Bonchev–Trinajstić information content (AvgIpc) is 2.46. The van der Waals surface area contributed by atoms with Crippen molar-refractivity contribution in [3.8, 4) is 5.75 Å². The fraction of sp³-hybridized carbons (Fsp3) is 0.133. The molecule has 2 aromatic rings. The van der Waals surface area contributed by atoms with Gasteiger partial charge in [0.2, 0.25) is 0 Å². The average molecular weight is 295 g/mol. The Labute approximate surface area is 120 Å². The highest BCUT2D eigenvalue weighted by molar-refractivity contribution is 6.31. The number of carbonyl (C=O) groups is 1. The lowest BCUT2D eigenvalue weighted by atomic mass is 10.1. The van der Waals surface area contributed by atoms with Gasteiger partial charge in [0.15, 0.2) is 0 Å². The van der Waals surface area contributed by atoms with Gasteiger partial charge in [-0.3, -0.25) is 0 Å². The van der Waals surface area contributed by atoms with E-state index in [9.17, 15) is 9.18 Å². The number of carbonyl (C=O) groups excluding carboxylic acids is 1. The number of hydrogen-bond donors (Lipinski definition) is 0. The highest BCUT2D eigenvalue weighted by Crippen LogP contribution is 2.20. The highest BCUT2D eigenvalue weighted by atomic mass is 35.5. The smallest absolute Gasteiger partial charge is 0.338 e. The van der Waals surface area contributed by atoms with E-state index < -0.39 is 5.97 Å². The molecule has 0 aliphatic rings. The largest absolute Gasteiger partial charge is 0.489 e. The fourth-order valence-electron chi connectivity index (χ4n) is 1.67. The van der Waals surface area contributed by atoms with Gasteiger partial charge in [-0.2, -0.15) is 0 Å². The SMILES string of the molecule is COC(=O)c1cc(Cl)ccc1COc1ccc(F)cc1. The summed E-state index contributed by atoms with van der Waals surface area (Å²) in [6.45, 7) is 0.160. The molecule has 0 aromatic heterocycles. The molecule has 20 heavy (non-hydrogen) atoms. The topological polar surface area (TPSA) is 35.5 Å². The van der Waals surface area contributed by atoms with Crippen LogP contribution in [0.15, 0.2) is 42.5 Å². The van der Waals surface area contributed by atoms with E-state index in [1.165, 1.54) is 37.4 Å². The summed E-state index contributed by atoms with van der Waals surface area (Å²) in [6.07, 6.45) is 0. The molecule has 0 fully saturated rings. The van der Waals surface area contributed by atoms with E-state index in [2.05, 4.69) is 0 Å². The molecule has 0 unspecified atom stereocenters. The van der Waals surface area contributed by atoms with Crippen LogP contribution >= 0.6 is 11.6 Å².